The Morgan fingerprint density at radius 2 is 1.73 bits per heavy atom. The second-order valence-corrected chi connectivity index (χ2v) is 8.09. The Morgan fingerprint density at radius 3 is 2.35 bits per heavy atom. The van der Waals surface area contributed by atoms with Crippen molar-refractivity contribution in [2.75, 3.05) is 6.26 Å². The van der Waals surface area contributed by atoms with Crippen molar-refractivity contribution in [1.29, 1.82) is 0 Å². The van der Waals surface area contributed by atoms with Crippen LogP contribution >= 0.6 is 0 Å². The molecule has 4 nitrogen and oxygen atoms in total. The number of hydrogen-bond acceptors (Lipinski definition) is 3. The first-order valence-corrected chi connectivity index (χ1v) is 10.1. The number of nitrogens with zero attached hydrogens (tertiary/aromatic N) is 2. The quantitative estimate of drug-likeness (QED) is 0.607. The average Bonchev–Trinajstić information content (AvgIpc) is 3.04. The summed E-state index contributed by atoms with van der Waals surface area (Å²) < 4.78 is 13.6. The number of aromatic nitrogens is 2. The van der Waals surface area contributed by atoms with E-state index in [-0.39, 0.29) is 0 Å². The van der Waals surface area contributed by atoms with Crippen LogP contribution in [0, 0.1) is 5.92 Å². The van der Waals surface area contributed by atoms with Crippen LogP contribution in [-0.4, -0.2) is 26.5 Å². The maximum atomic E-state index is 11.7. The Labute approximate surface area is 156 Å². The lowest BCUT2D eigenvalue weighted by Crippen LogP contribution is -2.08. The molecule has 0 bridgehead atoms. The molecule has 3 rings (SSSR count). The van der Waals surface area contributed by atoms with Gasteiger partial charge in [-0.2, -0.15) is 5.10 Å². The molecule has 0 aliphatic carbocycles. The van der Waals surface area contributed by atoms with E-state index in [1.165, 1.54) is 0 Å². The summed E-state index contributed by atoms with van der Waals surface area (Å²) in [6, 6.07) is 17.7. The third-order valence-electron chi connectivity index (χ3n) is 4.14. The second kappa shape index (κ2) is 7.79. The summed E-state index contributed by atoms with van der Waals surface area (Å²) in [5, 5.41) is 4.37. The molecule has 0 spiro atoms. The smallest absolute Gasteiger partial charge is 0.170 e. The Bertz CT molecular complexity index is 943. The molecule has 1 atom stereocenters. The van der Waals surface area contributed by atoms with Crippen LogP contribution in [-0.2, 0) is 17.3 Å². The van der Waals surface area contributed by atoms with E-state index in [1.807, 2.05) is 59.3 Å². The fourth-order valence-electron chi connectivity index (χ4n) is 2.90. The lowest BCUT2D eigenvalue weighted by molar-refractivity contribution is 0.111. The van der Waals surface area contributed by atoms with E-state index in [0.29, 0.717) is 11.6 Å². The van der Waals surface area contributed by atoms with E-state index >= 15 is 0 Å². The molecular formula is C21H22N2O2S. The zero-order chi connectivity index (χ0) is 18.7. The van der Waals surface area contributed by atoms with E-state index in [9.17, 15) is 9.00 Å². The number of hydrogen-bond donors (Lipinski definition) is 0. The molecule has 1 aromatic heterocycles. The average molecular weight is 366 g/mol. The van der Waals surface area contributed by atoms with Crippen LogP contribution < -0.4 is 0 Å². The van der Waals surface area contributed by atoms with Crippen LogP contribution in [0.4, 0.5) is 0 Å². The van der Waals surface area contributed by atoms with Gasteiger partial charge in [0.2, 0.25) is 0 Å². The maximum absolute atomic E-state index is 11.7. The first-order chi connectivity index (χ1) is 12.5. The van der Waals surface area contributed by atoms with Crippen molar-refractivity contribution in [1.82, 2.24) is 9.78 Å². The van der Waals surface area contributed by atoms with Crippen LogP contribution in [0.5, 0.6) is 0 Å². The van der Waals surface area contributed by atoms with Gasteiger partial charge in [-0.25, -0.2) is 0 Å². The van der Waals surface area contributed by atoms with Gasteiger partial charge in [0.25, 0.3) is 0 Å². The third-order valence-corrected chi connectivity index (χ3v) is 5.06. The standard InChI is InChI=1S/C21H22N2O2S/c1-15(2)13-23-21(12-19(14-24)22-23)17-9-7-16(8-10-17)18-5-4-6-20(11-18)26(3)25/h4-12,14-15H,13H2,1-3H3. The summed E-state index contributed by atoms with van der Waals surface area (Å²) in [7, 11) is -0.999. The summed E-state index contributed by atoms with van der Waals surface area (Å²) in [5.41, 5.74) is 4.50. The highest BCUT2D eigenvalue weighted by Crippen LogP contribution is 2.27. The third kappa shape index (κ3) is 3.99. The van der Waals surface area contributed by atoms with Gasteiger partial charge in [-0.15, -0.1) is 0 Å². The minimum Gasteiger partial charge on any atom is -0.296 e. The Hall–Kier alpha value is -2.53. The van der Waals surface area contributed by atoms with Crippen LogP contribution in [0.2, 0.25) is 0 Å². The Kier molecular flexibility index (Phi) is 5.47. The highest BCUT2D eigenvalue weighted by atomic mass is 32.2. The molecule has 1 unspecified atom stereocenters. The summed E-state index contributed by atoms with van der Waals surface area (Å²) >= 11 is 0. The lowest BCUT2D eigenvalue weighted by atomic mass is 10.0. The van der Waals surface area contributed by atoms with Gasteiger partial charge in [0.15, 0.2) is 6.29 Å². The minimum absolute atomic E-state index is 0.435. The molecule has 0 saturated heterocycles. The molecule has 0 aliphatic rings. The number of aldehydes is 1. The van der Waals surface area contributed by atoms with E-state index in [0.717, 1.165) is 40.1 Å². The molecule has 0 saturated carbocycles. The van der Waals surface area contributed by atoms with Gasteiger partial charge in [0.1, 0.15) is 5.69 Å². The van der Waals surface area contributed by atoms with Gasteiger partial charge in [-0.3, -0.25) is 13.7 Å². The second-order valence-electron chi connectivity index (χ2n) is 6.71. The van der Waals surface area contributed by atoms with E-state index < -0.39 is 10.8 Å². The fourth-order valence-corrected chi connectivity index (χ4v) is 3.46. The molecule has 0 radical (unpaired) electrons. The summed E-state index contributed by atoms with van der Waals surface area (Å²) in [6.07, 6.45) is 2.47. The van der Waals surface area contributed by atoms with Crippen molar-refractivity contribution in [2.24, 2.45) is 5.92 Å². The zero-order valence-electron chi connectivity index (χ0n) is 15.2. The predicted molar refractivity (Wildman–Crippen MR) is 106 cm³/mol. The first kappa shape index (κ1) is 18.3. The molecular weight excluding hydrogens is 344 g/mol. The monoisotopic (exact) mass is 366 g/mol. The minimum atomic E-state index is -0.999. The van der Waals surface area contributed by atoms with Gasteiger partial charge >= 0.3 is 0 Å². The van der Waals surface area contributed by atoms with Gasteiger partial charge in [-0.05, 0) is 40.8 Å². The number of benzene rings is 2. The van der Waals surface area contributed by atoms with Crippen molar-refractivity contribution in [3.8, 4) is 22.4 Å². The van der Waals surface area contributed by atoms with Crippen LogP contribution in [0.15, 0.2) is 59.5 Å². The SMILES string of the molecule is CC(C)Cn1nc(C=O)cc1-c1ccc(-c2cccc(S(C)=O)c2)cc1. The Morgan fingerprint density at radius 1 is 1.04 bits per heavy atom. The largest absolute Gasteiger partial charge is 0.296 e. The normalized spacial score (nSPS) is 12.3. The molecule has 1 heterocycles. The Balaban J connectivity index is 1.95. The van der Waals surface area contributed by atoms with Crippen molar-refractivity contribution in [3.05, 3.63) is 60.3 Å². The molecule has 2 aromatic carbocycles. The number of carbonyl (C=O) groups is 1. The molecule has 134 valence electrons. The molecule has 0 fully saturated rings. The molecule has 0 aliphatic heterocycles. The number of rotatable bonds is 6. The lowest BCUT2D eigenvalue weighted by Gasteiger charge is -2.11. The van der Waals surface area contributed by atoms with Crippen molar-refractivity contribution < 1.29 is 9.00 Å². The molecule has 5 heteroatoms. The highest BCUT2D eigenvalue weighted by Gasteiger charge is 2.11. The van der Waals surface area contributed by atoms with Crippen LogP contribution in [0.25, 0.3) is 22.4 Å². The molecule has 3 aromatic rings. The van der Waals surface area contributed by atoms with Crippen LogP contribution in [0.1, 0.15) is 24.3 Å². The summed E-state index contributed by atoms with van der Waals surface area (Å²) in [6.45, 7) is 5.01. The fraction of sp³-hybridized carbons (Fsp3) is 0.238. The molecule has 26 heavy (non-hydrogen) atoms. The molecule has 0 N–H and O–H groups in total. The van der Waals surface area contributed by atoms with Gasteiger partial charge < -0.3 is 0 Å². The molecule has 0 amide bonds. The first-order valence-electron chi connectivity index (χ1n) is 8.55. The van der Waals surface area contributed by atoms with E-state index in [2.05, 4.69) is 18.9 Å². The van der Waals surface area contributed by atoms with Gasteiger partial charge in [-0.1, -0.05) is 50.2 Å². The van der Waals surface area contributed by atoms with Gasteiger partial charge in [0.05, 0.1) is 5.69 Å². The highest BCUT2D eigenvalue weighted by molar-refractivity contribution is 7.84. The predicted octanol–water partition coefficient (Wildman–Crippen LogP) is 4.42. The summed E-state index contributed by atoms with van der Waals surface area (Å²) in [5.74, 6) is 0.435. The van der Waals surface area contributed by atoms with Gasteiger partial charge in [0, 0.05) is 28.5 Å². The van der Waals surface area contributed by atoms with Crippen molar-refractivity contribution in [3.63, 3.8) is 0 Å². The number of carbonyl (C=O) groups excluding carboxylic acids is 1. The zero-order valence-corrected chi connectivity index (χ0v) is 16.0. The topological polar surface area (TPSA) is 52.0 Å². The maximum Gasteiger partial charge on any atom is 0.170 e. The van der Waals surface area contributed by atoms with E-state index in [4.69, 9.17) is 0 Å². The van der Waals surface area contributed by atoms with Crippen LogP contribution in [0.3, 0.4) is 0 Å². The summed E-state index contributed by atoms with van der Waals surface area (Å²) in [4.78, 5) is 11.9. The van der Waals surface area contributed by atoms with Crippen molar-refractivity contribution in [2.45, 2.75) is 25.3 Å². The van der Waals surface area contributed by atoms with Crippen molar-refractivity contribution >= 4 is 17.1 Å². The van der Waals surface area contributed by atoms with E-state index in [1.54, 1.807) is 6.26 Å².